The number of carbonyl (C=O) groups excluding carboxylic acids is 1. The molecule has 6 heteroatoms. The zero-order valence-electron chi connectivity index (χ0n) is 15.6. The second kappa shape index (κ2) is 7.66. The number of morpholine rings is 1. The molecule has 1 aliphatic heterocycles. The molecule has 0 N–H and O–H groups in total. The van der Waals surface area contributed by atoms with Crippen molar-refractivity contribution in [3.63, 3.8) is 0 Å². The van der Waals surface area contributed by atoms with Gasteiger partial charge in [0, 0.05) is 35.8 Å². The number of hydrogen-bond acceptors (Lipinski definition) is 5. The molecule has 0 aliphatic carbocycles. The average Bonchev–Trinajstić information content (AvgIpc) is 3.04. The van der Waals surface area contributed by atoms with Crippen molar-refractivity contribution >= 4 is 22.3 Å². The van der Waals surface area contributed by atoms with E-state index in [2.05, 4.69) is 11.0 Å². The van der Waals surface area contributed by atoms with Crippen LogP contribution in [0.25, 0.3) is 16.3 Å². The predicted molar refractivity (Wildman–Crippen MR) is 104 cm³/mol. The molecular formula is C21H24N2O4. The fraction of sp³-hybridized carbons (Fsp3) is 0.429. The maximum atomic E-state index is 12.7. The Kier molecular flexibility index (Phi) is 5.09. The third kappa shape index (κ3) is 3.42. The van der Waals surface area contributed by atoms with Crippen molar-refractivity contribution in [3.8, 4) is 0 Å². The minimum Gasteiger partial charge on any atom is -0.462 e. The summed E-state index contributed by atoms with van der Waals surface area (Å²) in [6, 6.07) is 7.78. The van der Waals surface area contributed by atoms with Gasteiger partial charge in [-0.05, 0) is 38.4 Å². The smallest absolute Gasteiger partial charge is 0.343 e. The summed E-state index contributed by atoms with van der Waals surface area (Å²) in [6.45, 7) is 6.58. The Morgan fingerprint density at radius 3 is 2.85 bits per heavy atom. The number of carbonyl (C=O) groups is 1. The van der Waals surface area contributed by atoms with Gasteiger partial charge in [0.25, 0.3) is 0 Å². The lowest BCUT2D eigenvalue weighted by atomic mass is 10.1. The van der Waals surface area contributed by atoms with E-state index in [4.69, 9.17) is 9.47 Å². The number of pyridine rings is 1. The van der Waals surface area contributed by atoms with Crippen LogP contribution in [0.1, 0.15) is 29.4 Å². The van der Waals surface area contributed by atoms with Crippen molar-refractivity contribution in [2.45, 2.75) is 19.8 Å². The van der Waals surface area contributed by atoms with E-state index in [9.17, 15) is 9.59 Å². The average molecular weight is 368 g/mol. The summed E-state index contributed by atoms with van der Waals surface area (Å²) in [5, 5.41) is 1.60. The van der Waals surface area contributed by atoms with Gasteiger partial charge in [0.05, 0.1) is 25.3 Å². The number of nitrogens with zero attached hydrogens (tertiary/aromatic N) is 2. The molecule has 6 nitrogen and oxygen atoms in total. The van der Waals surface area contributed by atoms with E-state index < -0.39 is 5.97 Å². The predicted octanol–water partition coefficient (Wildman–Crippen LogP) is 2.33. The largest absolute Gasteiger partial charge is 0.462 e. The first-order chi connectivity index (χ1) is 13.2. The molecular weight excluding hydrogens is 344 g/mol. The quantitative estimate of drug-likeness (QED) is 0.625. The molecule has 1 fully saturated rings. The monoisotopic (exact) mass is 368 g/mol. The summed E-state index contributed by atoms with van der Waals surface area (Å²) < 4.78 is 12.5. The van der Waals surface area contributed by atoms with Crippen LogP contribution in [-0.2, 0) is 15.9 Å². The first kappa shape index (κ1) is 17.9. The van der Waals surface area contributed by atoms with Gasteiger partial charge in [-0.15, -0.1) is 0 Å². The second-order valence-electron chi connectivity index (χ2n) is 6.90. The molecule has 0 spiro atoms. The summed E-state index contributed by atoms with van der Waals surface area (Å²) >= 11 is 0. The molecule has 0 saturated carbocycles. The van der Waals surface area contributed by atoms with E-state index in [1.165, 1.54) is 0 Å². The van der Waals surface area contributed by atoms with E-state index in [-0.39, 0.29) is 17.6 Å². The van der Waals surface area contributed by atoms with Gasteiger partial charge in [-0.2, -0.15) is 0 Å². The minimum absolute atomic E-state index is 0.0995. The zero-order valence-corrected chi connectivity index (χ0v) is 15.6. The van der Waals surface area contributed by atoms with Gasteiger partial charge >= 0.3 is 5.97 Å². The molecule has 142 valence electrons. The van der Waals surface area contributed by atoms with E-state index in [1.807, 2.05) is 16.5 Å². The fourth-order valence-corrected chi connectivity index (χ4v) is 3.86. The Bertz CT molecular complexity index is 1000. The summed E-state index contributed by atoms with van der Waals surface area (Å²) in [4.78, 5) is 27.4. The van der Waals surface area contributed by atoms with Crippen molar-refractivity contribution in [2.24, 2.45) is 0 Å². The number of hydrogen-bond donors (Lipinski definition) is 0. The van der Waals surface area contributed by atoms with E-state index in [1.54, 1.807) is 19.2 Å². The maximum Gasteiger partial charge on any atom is 0.343 e. The van der Waals surface area contributed by atoms with Gasteiger partial charge in [0.15, 0.2) is 0 Å². The Morgan fingerprint density at radius 1 is 1.26 bits per heavy atom. The number of benzene rings is 1. The van der Waals surface area contributed by atoms with E-state index in [0.717, 1.165) is 62.3 Å². The molecule has 4 rings (SSSR count). The summed E-state index contributed by atoms with van der Waals surface area (Å²) in [7, 11) is 0. The van der Waals surface area contributed by atoms with Crippen molar-refractivity contribution in [3.05, 3.63) is 51.9 Å². The highest BCUT2D eigenvalue weighted by molar-refractivity contribution is 6.00. The van der Waals surface area contributed by atoms with Crippen molar-refractivity contribution in [1.29, 1.82) is 0 Å². The molecule has 2 aromatic heterocycles. The standard InChI is InChI=1S/C21H24N2O4/c1-2-27-21(25)18-14-23-16(6-4-8-22-9-11-26-12-10-22)13-15-5-3-7-17(19(15)23)20(18)24/h3,5,7,13-14H,2,4,6,8-12H2,1H3. The Labute approximate surface area is 157 Å². The molecule has 1 aliphatic rings. The maximum absolute atomic E-state index is 12.7. The molecule has 0 bridgehead atoms. The highest BCUT2D eigenvalue weighted by Crippen LogP contribution is 2.24. The molecule has 27 heavy (non-hydrogen) atoms. The van der Waals surface area contributed by atoms with E-state index in [0.29, 0.717) is 5.39 Å². The first-order valence-corrected chi connectivity index (χ1v) is 9.55. The normalized spacial score (nSPS) is 15.6. The minimum atomic E-state index is -0.557. The molecule has 0 radical (unpaired) electrons. The molecule has 1 aromatic carbocycles. The van der Waals surface area contributed by atoms with Crippen LogP contribution in [0.5, 0.6) is 0 Å². The van der Waals surface area contributed by atoms with Crippen LogP contribution in [-0.4, -0.2) is 54.7 Å². The van der Waals surface area contributed by atoms with E-state index >= 15 is 0 Å². The van der Waals surface area contributed by atoms with Crippen LogP contribution in [0.4, 0.5) is 0 Å². The number of para-hydroxylation sites is 1. The van der Waals surface area contributed by atoms with Crippen LogP contribution in [0.3, 0.4) is 0 Å². The van der Waals surface area contributed by atoms with Crippen molar-refractivity contribution < 1.29 is 14.3 Å². The Hall–Kier alpha value is -2.44. The van der Waals surface area contributed by atoms with Crippen molar-refractivity contribution in [1.82, 2.24) is 9.30 Å². The SMILES string of the molecule is CCOC(=O)c1cn2c(CCCN3CCOCC3)cc3cccc(c1=O)c32. The third-order valence-electron chi connectivity index (χ3n) is 5.19. The lowest BCUT2D eigenvalue weighted by molar-refractivity contribution is 0.0374. The van der Waals surface area contributed by atoms with Gasteiger partial charge in [0.2, 0.25) is 5.43 Å². The number of aryl methyl sites for hydroxylation is 1. The number of aromatic nitrogens is 1. The Balaban J connectivity index is 1.66. The van der Waals surface area contributed by atoms with Gasteiger partial charge < -0.3 is 13.9 Å². The van der Waals surface area contributed by atoms with Crippen LogP contribution >= 0.6 is 0 Å². The number of rotatable bonds is 6. The molecule has 3 aromatic rings. The molecule has 0 unspecified atom stereocenters. The highest BCUT2D eigenvalue weighted by atomic mass is 16.5. The molecule has 0 atom stereocenters. The highest BCUT2D eigenvalue weighted by Gasteiger charge is 2.19. The third-order valence-corrected chi connectivity index (χ3v) is 5.19. The number of esters is 1. The van der Waals surface area contributed by atoms with Gasteiger partial charge in [-0.25, -0.2) is 4.79 Å². The van der Waals surface area contributed by atoms with Crippen LogP contribution in [0.15, 0.2) is 35.3 Å². The first-order valence-electron chi connectivity index (χ1n) is 9.55. The second-order valence-corrected chi connectivity index (χ2v) is 6.90. The lowest BCUT2D eigenvalue weighted by Crippen LogP contribution is -2.37. The summed E-state index contributed by atoms with van der Waals surface area (Å²) in [6.07, 6.45) is 3.55. The van der Waals surface area contributed by atoms with Crippen LogP contribution < -0.4 is 5.43 Å². The van der Waals surface area contributed by atoms with Crippen molar-refractivity contribution in [2.75, 3.05) is 39.5 Å². The topological polar surface area (TPSA) is 60.3 Å². The van der Waals surface area contributed by atoms with Gasteiger partial charge in [0.1, 0.15) is 5.56 Å². The summed E-state index contributed by atoms with van der Waals surface area (Å²) in [5.41, 5.74) is 1.84. The van der Waals surface area contributed by atoms with Gasteiger partial charge in [-0.3, -0.25) is 9.69 Å². The molecule has 1 saturated heterocycles. The molecule has 0 amide bonds. The Morgan fingerprint density at radius 2 is 2.07 bits per heavy atom. The van der Waals surface area contributed by atoms with Gasteiger partial charge in [-0.1, -0.05) is 12.1 Å². The lowest BCUT2D eigenvalue weighted by Gasteiger charge is -2.26. The number of ether oxygens (including phenoxy) is 2. The molecule has 3 heterocycles. The fourth-order valence-electron chi connectivity index (χ4n) is 3.86. The van der Waals surface area contributed by atoms with Crippen LogP contribution in [0.2, 0.25) is 0 Å². The zero-order chi connectivity index (χ0) is 18.8. The van der Waals surface area contributed by atoms with Crippen LogP contribution in [0, 0.1) is 0 Å². The summed E-state index contributed by atoms with van der Waals surface area (Å²) in [5.74, 6) is -0.557.